The molecule has 0 aliphatic heterocycles. The summed E-state index contributed by atoms with van der Waals surface area (Å²) in [6, 6.07) is 3.89. The Labute approximate surface area is 120 Å². The molecule has 0 bridgehead atoms. The molecule has 1 aromatic heterocycles. The Bertz CT molecular complexity index is 520. The van der Waals surface area contributed by atoms with E-state index in [0.29, 0.717) is 5.75 Å². The zero-order chi connectivity index (χ0) is 14.5. The monoisotopic (exact) mass is 277 g/mol. The van der Waals surface area contributed by atoms with Crippen LogP contribution in [0.1, 0.15) is 13.8 Å². The minimum Gasteiger partial charge on any atom is -0.493 e. The van der Waals surface area contributed by atoms with Gasteiger partial charge in [-0.2, -0.15) is 5.10 Å². The van der Waals surface area contributed by atoms with Crippen LogP contribution < -0.4 is 9.47 Å². The van der Waals surface area contributed by atoms with Crippen molar-refractivity contribution in [1.82, 2.24) is 14.7 Å². The minimum atomic E-state index is 0.717. The van der Waals surface area contributed by atoms with Gasteiger partial charge in [0, 0.05) is 24.2 Å². The first-order valence-corrected chi connectivity index (χ1v) is 7.03. The summed E-state index contributed by atoms with van der Waals surface area (Å²) in [5, 5.41) is 5.66. The summed E-state index contributed by atoms with van der Waals surface area (Å²) in [5.41, 5.74) is 0.933. The van der Waals surface area contributed by atoms with E-state index in [1.54, 1.807) is 14.2 Å². The maximum absolute atomic E-state index is 5.32. The van der Waals surface area contributed by atoms with Crippen LogP contribution in [0, 0.1) is 0 Å². The van der Waals surface area contributed by atoms with E-state index in [2.05, 4.69) is 30.0 Å². The number of fused-ring (bicyclic) bond motifs is 1. The molecule has 0 amide bonds. The number of likely N-dealkylation sites (N-methyl/N-ethyl adjacent to an activating group) is 1. The summed E-state index contributed by atoms with van der Waals surface area (Å²) in [4.78, 5) is 2.38. The first-order chi connectivity index (χ1) is 9.71. The Morgan fingerprint density at radius 1 is 1.10 bits per heavy atom. The van der Waals surface area contributed by atoms with Crippen molar-refractivity contribution < 1.29 is 9.47 Å². The molecule has 0 atom stereocenters. The summed E-state index contributed by atoms with van der Waals surface area (Å²) in [5.74, 6) is 1.46. The maximum Gasteiger partial charge on any atom is 0.162 e. The van der Waals surface area contributed by atoms with Crippen LogP contribution in [0.3, 0.4) is 0 Å². The van der Waals surface area contributed by atoms with Gasteiger partial charge in [-0.25, -0.2) is 0 Å². The average Bonchev–Trinajstić information content (AvgIpc) is 2.88. The number of hydrogen-bond acceptors (Lipinski definition) is 4. The van der Waals surface area contributed by atoms with Gasteiger partial charge in [0.15, 0.2) is 11.5 Å². The molecule has 0 unspecified atom stereocenters. The first kappa shape index (κ1) is 14.7. The van der Waals surface area contributed by atoms with Gasteiger partial charge in [-0.1, -0.05) is 13.8 Å². The molecule has 0 aliphatic carbocycles. The highest BCUT2D eigenvalue weighted by Gasteiger charge is 2.09. The lowest BCUT2D eigenvalue weighted by Crippen LogP contribution is -2.27. The van der Waals surface area contributed by atoms with Crippen LogP contribution in [-0.2, 0) is 6.54 Å². The van der Waals surface area contributed by atoms with Gasteiger partial charge in [0.25, 0.3) is 0 Å². The molecule has 0 fully saturated rings. The molecular weight excluding hydrogens is 254 g/mol. The molecule has 20 heavy (non-hydrogen) atoms. The molecule has 0 saturated heterocycles. The summed E-state index contributed by atoms with van der Waals surface area (Å²) in [6.45, 7) is 8.39. The van der Waals surface area contributed by atoms with Gasteiger partial charge in [0.05, 0.1) is 26.3 Å². The highest BCUT2D eigenvalue weighted by Crippen LogP contribution is 2.31. The van der Waals surface area contributed by atoms with Crippen molar-refractivity contribution in [3.8, 4) is 11.5 Å². The second kappa shape index (κ2) is 6.61. The van der Waals surface area contributed by atoms with Crippen molar-refractivity contribution in [3.05, 3.63) is 18.3 Å². The van der Waals surface area contributed by atoms with Crippen molar-refractivity contribution in [2.45, 2.75) is 20.4 Å². The summed E-state index contributed by atoms with van der Waals surface area (Å²) < 4.78 is 12.6. The third-order valence-electron chi connectivity index (χ3n) is 3.60. The molecule has 0 saturated carbocycles. The molecule has 0 spiro atoms. The smallest absolute Gasteiger partial charge is 0.162 e. The van der Waals surface area contributed by atoms with Gasteiger partial charge in [-0.05, 0) is 19.2 Å². The molecule has 1 aromatic carbocycles. The zero-order valence-corrected chi connectivity index (χ0v) is 12.7. The van der Waals surface area contributed by atoms with Crippen molar-refractivity contribution >= 4 is 10.9 Å². The van der Waals surface area contributed by atoms with E-state index in [-0.39, 0.29) is 0 Å². The van der Waals surface area contributed by atoms with Crippen molar-refractivity contribution in [2.24, 2.45) is 0 Å². The summed E-state index contributed by atoms with van der Waals surface area (Å²) >= 11 is 0. The van der Waals surface area contributed by atoms with Gasteiger partial charge < -0.3 is 14.4 Å². The largest absolute Gasteiger partial charge is 0.493 e. The van der Waals surface area contributed by atoms with Crippen LogP contribution in [0.4, 0.5) is 0 Å². The number of aromatic nitrogens is 2. The summed E-state index contributed by atoms with van der Waals surface area (Å²) in [6.07, 6.45) is 2.06. The molecule has 0 N–H and O–H groups in total. The third-order valence-corrected chi connectivity index (χ3v) is 3.60. The van der Waals surface area contributed by atoms with Crippen LogP contribution in [0.25, 0.3) is 10.9 Å². The van der Waals surface area contributed by atoms with E-state index in [0.717, 1.165) is 42.8 Å². The van der Waals surface area contributed by atoms with E-state index in [4.69, 9.17) is 9.47 Å². The van der Waals surface area contributed by atoms with Crippen LogP contribution >= 0.6 is 0 Å². The molecule has 5 heteroatoms. The fourth-order valence-electron chi connectivity index (χ4n) is 2.30. The van der Waals surface area contributed by atoms with Gasteiger partial charge in [-0.3, -0.25) is 4.68 Å². The lowest BCUT2D eigenvalue weighted by molar-refractivity contribution is 0.285. The molecule has 110 valence electrons. The molecule has 2 rings (SSSR count). The third kappa shape index (κ3) is 3.04. The fraction of sp³-hybridized carbons (Fsp3) is 0.533. The van der Waals surface area contributed by atoms with Gasteiger partial charge in [0.2, 0.25) is 0 Å². The zero-order valence-electron chi connectivity index (χ0n) is 12.7. The van der Waals surface area contributed by atoms with Crippen LogP contribution in [0.15, 0.2) is 18.3 Å². The molecule has 0 radical (unpaired) electrons. The number of rotatable bonds is 7. The number of nitrogens with zero attached hydrogens (tertiary/aromatic N) is 3. The van der Waals surface area contributed by atoms with Crippen molar-refractivity contribution in [1.29, 1.82) is 0 Å². The number of ether oxygens (including phenoxy) is 2. The molecule has 5 nitrogen and oxygen atoms in total. The standard InChI is InChI=1S/C15H23N3O2/c1-5-17(6-2)7-8-18-11-12-9-14(19-3)15(20-4)10-13(12)16-18/h9-11H,5-8H2,1-4H3. The number of methoxy groups -OCH3 is 2. The Kier molecular flexibility index (Phi) is 4.84. The van der Waals surface area contributed by atoms with Crippen LogP contribution in [0.2, 0.25) is 0 Å². The lowest BCUT2D eigenvalue weighted by Gasteiger charge is -2.17. The average molecular weight is 277 g/mol. The topological polar surface area (TPSA) is 39.5 Å². The number of benzene rings is 1. The number of hydrogen-bond donors (Lipinski definition) is 0. The highest BCUT2D eigenvalue weighted by atomic mass is 16.5. The maximum atomic E-state index is 5.32. The molecule has 2 aromatic rings. The first-order valence-electron chi connectivity index (χ1n) is 7.03. The minimum absolute atomic E-state index is 0.717. The van der Waals surface area contributed by atoms with Gasteiger partial charge in [0.1, 0.15) is 0 Å². The second-order valence-corrected chi connectivity index (χ2v) is 4.69. The molecule has 0 aliphatic rings. The van der Waals surface area contributed by atoms with E-state index in [9.17, 15) is 0 Å². The SMILES string of the molecule is CCN(CC)CCn1cc2cc(OC)c(OC)cc2n1. The normalized spacial score (nSPS) is 11.2. The van der Waals surface area contributed by atoms with Crippen molar-refractivity contribution in [2.75, 3.05) is 33.9 Å². The van der Waals surface area contributed by atoms with Crippen LogP contribution in [0.5, 0.6) is 11.5 Å². The quantitative estimate of drug-likeness (QED) is 0.779. The lowest BCUT2D eigenvalue weighted by atomic mass is 10.2. The molecule has 1 heterocycles. The van der Waals surface area contributed by atoms with E-state index in [1.807, 2.05) is 16.8 Å². The van der Waals surface area contributed by atoms with Gasteiger partial charge >= 0.3 is 0 Å². The predicted octanol–water partition coefficient (Wildman–Crippen LogP) is 2.40. The van der Waals surface area contributed by atoms with Gasteiger partial charge in [-0.15, -0.1) is 0 Å². The Hall–Kier alpha value is -1.75. The van der Waals surface area contributed by atoms with E-state index >= 15 is 0 Å². The van der Waals surface area contributed by atoms with Crippen LogP contribution in [-0.4, -0.2) is 48.5 Å². The molecular formula is C15H23N3O2. The van der Waals surface area contributed by atoms with E-state index < -0.39 is 0 Å². The summed E-state index contributed by atoms with van der Waals surface area (Å²) in [7, 11) is 3.29. The Morgan fingerprint density at radius 2 is 1.75 bits per heavy atom. The highest BCUT2D eigenvalue weighted by molar-refractivity contribution is 5.82. The fourth-order valence-corrected chi connectivity index (χ4v) is 2.30. The second-order valence-electron chi connectivity index (χ2n) is 4.69. The Morgan fingerprint density at radius 3 is 2.35 bits per heavy atom. The Balaban J connectivity index is 2.20. The van der Waals surface area contributed by atoms with Crippen molar-refractivity contribution in [3.63, 3.8) is 0 Å². The predicted molar refractivity (Wildman–Crippen MR) is 80.6 cm³/mol. The van der Waals surface area contributed by atoms with E-state index in [1.165, 1.54) is 0 Å².